The van der Waals surface area contributed by atoms with Crippen LogP contribution in [0.3, 0.4) is 0 Å². The van der Waals surface area contributed by atoms with Crippen molar-refractivity contribution in [3.8, 4) is 0 Å². The molecule has 0 bridgehead atoms. The molecule has 0 amide bonds. The van der Waals surface area contributed by atoms with E-state index in [1.54, 1.807) is 13.8 Å². The van der Waals surface area contributed by atoms with Crippen LogP contribution in [0.25, 0.3) is 0 Å². The van der Waals surface area contributed by atoms with Gasteiger partial charge >= 0.3 is 0 Å². The van der Waals surface area contributed by atoms with Crippen LogP contribution < -0.4 is 0 Å². The highest BCUT2D eigenvalue weighted by Gasteiger charge is 2.72. The lowest BCUT2D eigenvalue weighted by Crippen LogP contribution is -2.39. The number of aliphatic hydroxyl groups is 2. The van der Waals surface area contributed by atoms with Crippen molar-refractivity contribution in [3.63, 3.8) is 0 Å². The second-order valence-corrected chi connectivity index (χ2v) is 7.10. The lowest BCUT2D eigenvalue weighted by atomic mass is 9.79. The molecule has 2 N–H and O–H groups in total. The van der Waals surface area contributed by atoms with Crippen molar-refractivity contribution in [2.24, 2.45) is 0 Å². The predicted octanol–water partition coefficient (Wildman–Crippen LogP) is 1.71. The molecule has 0 aromatic carbocycles. The van der Waals surface area contributed by atoms with Gasteiger partial charge < -0.3 is 19.7 Å². The Balaban J connectivity index is 1.81. The molecule has 0 aromatic heterocycles. The number of aliphatic hydroxyl groups excluding tert-OH is 1. The second kappa shape index (κ2) is 4.41. The summed E-state index contributed by atoms with van der Waals surface area (Å²) in [5, 5.41) is 20.5. The largest absolute Gasteiger partial charge is 0.388 e. The maximum atomic E-state index is 10.4. The highest BCUT2D eigenvalue weighted by atomic mass is 16.7. The number of hydrogen-bond acceptors (Lipinski definition) is 4. The summed E-state index contributed by atoms with van der Waals surface area (Å²) >= 11 is 0. The molecule has 3 rings (SSSR count). The number of allylic oxidation sites excluding steroid dienone is 3. The van der Waals surface area contributed by atoms with E-state index in [4.69, 9.17) is 9.47 Å². The average Bonchev–Trinajstić information content (AvgIpc) is 2.92. The summed E-state index contributed by atoms with van der Waals surface area (Å²) in [5.74, 6) is 0. The van der Waals surface area contributed by atoms with Crippen molar-refractivity contribution in [2.45, 2.75) is 76.2 Å². The minimum Gasteiger partial charge on any atom is -0.388 e. The molecule has 0 aromatic rings. The molecule has 2 saturated heterocycles. The quantitative estimate of drug-likeness (QED) is 0.756. The Bertz CT molecular complexity index is 469. The fourth-order valence-electron chi connectivity index (χ4n) is 3.35. The first-order valence-corrected chi connectivity index (χ1v) is 7.32. The van der Waals surface area contributed by atoms with E-state index in [0.29, 0.717) is 12.8 Å². The predicted molar refractivity (Wildman–Crippen MR) is 75.3 cm³/mol. The van der Waals surface area contributed by atoms with Crippen LogP contribution in [-0.4, -0.2) is 45.8 Å². The lowest BCUT2D eigenvalue weighted by molar-refractivity contribution is -0.0855. The number of epoxide rings is 1. The molecule has 2 heterocycles. The maximum Gasteiger partial charge on any atom is 0.127 e. The van der Waals surface area contributed by atoms with Crippen molar-refractivity contribution < 1.29 is 19.7 Å². The summed E-state index contributed by atoms with van der Waals surface area (Å²) in [4.78, 5) is 0. The monoisotopic (exact) mass is 280 g/mol. The van der Waals surface area contributed by atoms with Gasteiger partial charge in [-0.05, 0) is 33.3 Å². The fraction of sp³-hybridized carbons (Fsp3) is 0.750. The molecule has 4 nitrogen and oxygen atoms in total. The molecule has 5 atom stereocenters. The van der Waals surface area contributed by atoms with Crippen molar-refractivity contribution >= 4 is 0 Å². The van der Waals surface area contributed by atoms with E-state index in [1.165, 1.54) is 5.57 Å². The molecule has 1 aliphatic carbocycles. The van der Waals surface area contributed by atoms with Crippen LogP contribution in [-0.2, 0) is 9.47 Å². The fourth-order valence-corrected chi connectivity index (χ4v) is 3.35. The van der Waals surface area contributed by atoms with Crippen molar-refractivity contribution in [3.05, 3.63) is 23.3 Å². The van der Waals surface area contributed by atoms with E-state index >= 15 is 0 Å². The van der Waals surface area contributed by atoms with E-state index in [9.17, 15) is 10.2 Å². The first-order valence-electron chi connectivity index (χ1n) is 7.32. The Morgan fingerprint density at radius 1 is 1.40 bits per heavy atom. The van der Waals surface area contributed by atoms with Gasteiger partial charge in [-0.3, -0.25) is 0 Å². The first-order chi connectivity index (χ1) is 9.24. The molecule has 3 aliphatic rings. The number of rotatable bonds is 2. The van der Waals surface area contributed by atoms with Crippen molar-refractivity contribution in [2.75, 3.05) is 0 Å². The Morgan fingerprint density at radius 2 is 2.10 bits per heavy atom. The molecule has 4 heteroatoms. The molecule has 1 saturated carbocycles. The standard InChI is InChI=1S/C16H24O4/c1-9(2)5-6-10-7-11-16(14(20-16)13(10)17)8-12(19-11)15(3,4)18/h5-6,11-14,17-18H,7-8H2,1-4H3/b10-6-/t11-,12+,13+,14-,16+/m0/s1. The minimum atomic E-state index is -0.878. The molecular weight excluding hydrogens is 256 g/mol. The Morgan fingerprint density at radius 3 is 2.70 bits per heavy atom. The van der Waals surface area contributed by atoms with Crippen LogP contribution in [0.5, 0.6) is 0 Å². The van der Waals surface area contributed by atoms with E-state index in [-0.39, 0.29) is 23.9 Å². The van der Waals surface area contributed by atoms with Gasteiger partial charge in [0.1, 0.15) is 17.8 Å². The summed E-state index contributed by atoms with van der Waals surface area (Å²) in [6.45, 7) is 7.58. The first kappa shape index (κ1) is 14.3. The Labute approximate surface area is 120 Å². The lowest BCUT2D eigenvalue weighted by Gasteiger charge is -2.27. The third kappa shape index (κ3) is 2.15. The highest BCUT2D eigenvalue weighted by molar-refractivity contribution is 5.33. The zero-order valence-corrected chi connectivity index (χ0v) is 12.6. The van der Waals surface area contributed by atoms with Gasteiger partial charge in [0.15, 0.2) is 0 Å². The van der Waals surface area contributed by atoms with Crippen LogP contribution in [0.1, 0.15) is 40.5 Å². The molecule has 112 valence electrons. The van der Waals surface area contributed by atoms with Gasteiger partial charge in [0.05, 0.1) is 17.8 Å². The molecule has 20 heavy (non-hydrogen) atoms. The van der Waals surface area contributed by atoms with Crippen LogP contribution in [0.15, 0.2) is 23.3 Å². The summed E-state index contributed by atoms with van der Waals surface area (Å²) in [6.07, 6.45) is 4.32. The molecule has 2 aliphatic heterocycles. The summed E-state index contributed by atoms with van der Waals surface area (Å²) in [5.41, 5.74) is 0.912. The van der Waals surface area contributed by atoms with Gasteiger partial charge in [-0.25, -0.2) is 0 Å². The van der Waals surface area contributed by atoms with Crippen LogP contribution in [0.2, 0.25) is 0 Å². The van der Waals surface area contributed by atoms with Gasteiger partial charge in [-0.2, -0.15) is 0 Å². The molecule has 0 radical (unpaired) electrons. The van der Waals surface area contributed by atoms with Gasteiger partial charge in [-0.15, -0.1) is 0 Å². The second-order valence-electron chi connectivity index (χ2n) is 7.10. The number of hydrogen-bond donors (Lipinski definition) is 2. The summed E-state index contributed by atoms with van der Waals surface area (Å²) < 4.78 is 11.8. The zero-order valence-electron chi connectivity index (χ0n) is 12.6. The number of ether oxygens (including phenoxy) is 2. The molecule has 0 unspecified atom stereocenters. The molecule has 3 fully saturated rings. The van der Waals surface area contributed by atoms with E-state index in [0.717, 1.165) is 5.57 Å². The van der Waals surface area contributed by atoms with Crippen molar-refractivity contribution in [1.82, 2.24) is 0 Å². The normalized spacial score (nSPS) is 45.0. The summed E-state index contributed by atoms with van der Waals surface area (Å²) in [7, 11) is 0. The molecular formula is C16H24O4. The molecule has 1 spiro atoms. The van der Waals surface area contributed by atoms with Gasteiger partial charge in [0.2, 0.25) is 0 Å². The van der Waals surface area contributed by atoms with Crippen LogP contribution >= 0.6 is 0 Å². The third-order valence-electron chi connectivity index (χ3n) is 4.66. The van der Waals surface area contributed by atoms with E-state index < -0.39 is 11.7 Å². The van der Waals surface area contributed by atoms with Gasteiger partial charge in [-0.1, -0.05) is 17.7 Å². The van der Waals surface area contributed by atoms with Crippen LogP contribution in [0.4, 0.5) is 0 Å². The SMILES string of the molecule is CC(C)=C/C=C1/C[C@@H]2O[C@@H](C(C)(C)O)C[C@@]23O[C@H]3[C@@H]1O. The maximum absolute atomic E-state index is 10.4. The smallest absolute Gasteiger partial charge is 0.127 e. The minimum absolute atomic E-state index is 0.0517. The van der Waals surface area contributed by atoms with Gasteiger partial charge in [0, 0.05) is 12.8 Å². The van der Waals surface area contributed by atoms with E-state index in [2.05, 4.69) is 0 Å². The summed E-state index contributed by atoms with van der Waals surface area (Å²) in [6, 6.07) is 0. The highest BCUT2D eigenvalue weighted by Crippen LogP contribution is 2.58. The Kier molecular flexibility index (Phi) is 3.14. The van der Waals surface area contributed by atoms with E-state index in [1.807, 2.05) is 26.0 Å². The average molecular weight is 280 g/mol. The third-order valence-corrected chi connectivity index (χ3v) is 4.66. The topological polar surface area (TPSA) is 62.2 Å². The zero-order chi connectivity index (χ0) is 14.7. The van der Waals surface area contributed by atoms with Crippen LogP contribution in [0, 0.1) is 0 Å². The van der Waals surface area contributed by atoms with Crippen molar-refractivity contribution in [1.29, 1.82) is 0 Å². The van der Waals surface area contributed by atoms with Gasteiger partial charge in [0.25, 0.3) is 0 Å². The Hall–Kier alpha value is -0.680.